The highest BCUT2D eigenvalue weighted by Gasteiger charge is 2.37. The molecule has 0 spiro atoms. The number of nitrogens with zero attached hydrogens (tertiary/aromatic N) is 1. The van der Waals surface area contributed by atoms with Gasteiger partial charge in [-0.15, -0.1) is 12.4 Å². The molecule has 2 amide bonds. The van der Waals surface area contributed by atoms with Gasteiger partial charge in [0.2, 0.25) is 11.8 Å². The molecule has 1 saturated carbocycles. The predicted octanol–water partition coefficient (Wildman–Crippen LogP) is 3.48. The van der Waals surface area contributed by atoms with E-state index in [0.29, 0.717) is 30.1 Å². The van der Waals surface area contributed by atoms with Gasteiger partial charge in [-0.2, -0.15) is 0 Å². The second kappa shape index (κ2) is 8.93. The number of methoxy groups -OCH3 is 1. The quantitative estimate of drug-likeness (QED) is 0.817. The third-order valence-corrected chi connectivity index (χ3v) is 5.63. The highest BCUT2D eigenvalue weighted by molar-refractivity contribution is 5.98. The van der Waals surface area contributed by atoms with Crippen LogP contribution in [0.3, 0.4) is 0 Å². The highest BCUT2D eigenvalue weighted by Crippen LogP contribution is 2.35. The maximum atomic E-state index is 12.8. The van der Waals surface area contributed by atoms with E-state index in [1.54, 1.807) is 18.1 Å². The SMILES string of the molecule is COc1ccc(NC(=O)C2CCCCC2(C)N)cc1N1CCCCC1=O.Cl. The summed E-state index contributed by atoms with van der Waals surface area (Å²) in [6, 6.07) is 5.44. The summed E-state index contributed by atoms with van der Waals surface area (Å²) >= 11 is 0. The molecular formula is C20H30ClN3O3. The van der Waals surface area contributed by atoms with Crippen LogP contribution in [-0.4, -0.2) is 31.0 Å². The number of benzene rings is 1. The Bertz CT molecular complexity index is 693. The zero-order valence-corrected chi connectivity index (χ0v) is 16.9. The van der Waals surface area contributed by atoms with Crippen molar-refractivity contribution in [3.05, 3.63) is 18.2 Å². The van der Waals surface area contributed by atoms with Crippen LogP contribution < -0.4 is 20.7 Å². The Morgan fingerprint density at radius 3 is 2.74 bits per heavy atom. The van der Waals surface area contributed by atoms with Gasteiger partial charge in [0.15, 0.2) is 0 Å². The summed E-state index contributed by atoms with van der Waals surface area (Å²) in [5.74, 6) is 0.494. The standard InChI is InChI=1S/C20H29N3O3.ClH/c1-20(21)11-5-3-7-15(20)19(25)22-14-9-10-17(26-2)16(13-14)23-12-6-4-8-18(23)24;/h9-10,13,15H,3-8,11-12,21H2,1-2H3,(H,22,25);1H. The number of anilines is 2. The van der Waals surface area contributed by atoms with Crippen molar-refractivity contribution in [2.45, 2.75) is 57.4 Å². The van der Waals surface area contributed by atoms with Gasteiger partial charge < -0.3 is 20.7 Å². The van der Waals surface area contributed by atoms with Gasteiger partial charge in [0, 0.05) is 24.2 Å². The molecule has 1 heterocycles. The second-order valence-electron chi connectivity index (χ2n) is 7.68. The zero-order valence-electron chi connectivity index (χ0n) is 16.1. The summed E-state index contributed by atoms with van der Waals surface area (Å²) in [6.07, 6.45) is 6.21. The fourth-order valence-corrected chi connectivity index (χ4v) is 4.06. The number of rotatable bonds is 4. The molecule has 6 nitrogen and oxygen atoms in total. The van der Waals surface area contributed by atoms with Crippen LogP contribution in [0.2, 0.25) is 0 Å². The minimum absolute atomic E-state index is 0. The number of carbonyl (C=O) groups excluding carboxylic acids is 2. The van der Waals surface area contributed by atoms with E-state index in [2.05, 4.69) is 5.32 Å². The number of hydrogen-bond donors (Lipinski definition) is 2. The molecule has 0 radical (unpaired) electrons. The van der Waals surface area contributed by atoms with Crippen LogP contribution in [0.15, 0.2) is 18.2 Å². The number of nitrogens with two attached hydrogens (primary N) is 1. The molecule has 2 aliphatic rings. The maximum Gasteiger partial charge on any atom is 0.229 e. The van der Waals surface area contributed by atoms with Crippen molar-refractivity contribution >= 4 is 35.6 Å². The molecule has 1 aromatic carbocycles. The highest BCUT2D eigenvalue weighted by atomic mass is 35.5. The second-order valence-corrected chi connectivity index (χ2v) is 7.68. The third-order valence-electron chi connectivity index (χ3n) is 5.63. The molecule has 3 N–H and O–H groups in total. The van der Waals surface area contributed by atoms with Gasteiger partial charge in [0.05, 0.1) is 18.7 Å². The summed E-state index contributed by atoms with van der Waals surface area (Å²) in [5, 5.41) is 3.00. The van der Waals surface area contributed by atoms with Gasteiger partial charge in [-0.3, -0.25) is 9.59 Å². The summed E-state index contributed by atoms with van der Waals surface area (Å²) in [4.78, 5) is 26.8. The number of amides is 2. The van der Waals surface area contributed by atoms with Crippen LogP contribution >= 0.6 is 12.4 Å². The molecule has 150 valence electrons. The summed E-state index contributed by atoms with van der Waals surface area (Å²) in [6.45, 7) is 2.64. The molecule has 1 aliphatic carbocycles. The molecule has 27 heavy (non-hydrogen) atoms. The Labute approximate surface area is 167 Å². The lowest BCUT2D eigenvalue weighted by atomic mass is 9.74. The van der Waals surface area contributed by atoms with E-state index in [1.807, 2.05) is 19.1 Å². The average Bonchev–Trinajstić information content (AvgIpc) is 2.61. The van der Waals surface area contributed by atoms with E-state index in [-0.39, 0.29) is 30.1 Å². The van der Waals surface area contributed by atoms with Crippen molar-refractivity contribution in [3.63, 3.8) is 0 Å². The predicted molar refractivity (Wildman–Crippen MR) is 110 cm³/mol. The van der Waals surface area contributed by atoms with Crippen molar-refractivity contribution < 1.29 is 14.3 Å². The Kier molecular flexibility index (Phi) is 7.12. The average molecular weight is 396 g/mol. The first-order valence-electron chi connectivity index (χ1n) is 9.50. The maximum absolute atomic E-state index is 12.8. The van der Waals surface area contributed by atoms with Crippen LogP contribution in [0.1, 0.15) is 51.9 Å². The first-order chi connectivity index (χ1) is 12.4. The van der Waals surface area contributed by atoms with Crippen molar-refractivity contribution in [1.29, 1.82) is 0 Å². The van der Waals surface area contributed by atoms with Gasteiger partial charge in [0.25, 0.3) is 0 Å². The monoisotopic (exact) mass is 395 g/mol. The van der Waals surface area contributed by atoms with Crippen LogP contribution in [0.4, 0.5) is 11.4 Å². The largest absolute Gasteiger partial charge is 0.495 e. The molecule has 3 rings (SSSR count). The molecule has 1 saturated heterocycles. The first kappa shape index (κ1) is 21.5. The van der Waals surface area contributed by atoms with Gasteiger partial charge in [-0.05, 0) is 50.8 Å². The number of carbonyl (C=O) groups is 2. The topological polar surface area (TPSA) is 84.7 Å². The summed E-state index contributed by atoms with van der Waals surface area (Å²) in [5.41, 5.74) is 7.27. The Morgan fingerprint density at radius 2 is 2.07 bits per heavy atom. The number of piperidine rings is 1. The van der Waals surface area contributed by atoms with Crippen molar-refractivity contribution in [3.8, 4) is 5.75 Å². The normalized spacial score (nSPS) is 25.5. The Balaban J connectivity index is 0.00000261. The zero-order chi connectivity index (χ0) is 18.7. The van der Waals surface area contributed by atoms with Gasteiger partial charge in [-0.1, -0.05) is 12.8 Å². The molecular weight excluding hydrogens is 366 g/mol. The van der Waals surface area contributed by atoms with Crippen LogP contribution in [0, 0.1) is 5.92 Å². The minimum atomic E-state index is -0.472. The lowest BCUT2D eigenvalue weighted by Crippen LogP contribution is -2.51. The summed E-state index contributed by atoms with van der Waals surface area (Å²) in [7, 11) is 1.59. The third kappa shape index (κ3) is 4.74. The van der Waals surface area contributed by atoms with E-state index >= 15 is 0 Å². The fourth-order valence-electron chi connectivity index (χ4n) is 4.06. The van der Waals surface area contributed by atoms with Gasteiger partial charge in [-0.25, -0.2) is 0 Å². The minimum Gasteiger partial charge on any atom is -0.495 e. The number of halogens is 1. The van der Waals surface area contributed by atoms with E-state index < -0.39 is 5.54 Å². The first-order valence-corrected chi connectivity index (χ1v) is 9.50. The molecule has 0 aromatic heterocycles. The summed E-state index contributed by atoms with van der Waals surface area (Å²) < 4.78 is 5.43. The van der Waals surface area contributed by atoms with Crippen LogP contribution in [-0.2, 0) is 9.59 Å². The smallest absolute Gasteiger partial charge is 0.229 e. The van der Waals surface area contributed by atoms with E-state index in [0.717, 1.165) is 38.5 Å². The van der Waals surface area contributed by atoms with Gasteiger partial charge >= 0.3 is 0 Å². The lowest BCUT2D eigenvalue weighted by Gasteiger charge is -2.37. The fraction of sp³-hybridized carbons (Fsp3) is 0.600. The Hall–Kier alpha value is -1.79. The number of hydrogen-bond acceptors (Lipinski definition) is 4. The molecule has 2 unspecified atom stereocenters. The van der Waals surface area contributed by atoms with Crippen LogP contribution in [0.25, 0.3) is 0 Å². The van der Waals surface area contributed by atoms with E-state index in [4.69, 9.17) is 10.5 Å². The van der Waals surface area contributed by atoms with E-state index in [9.17, 15) is 9.59 Å². The molecule has 7 heteroatoms. The molecule has 2 fully saturated rings. The molecule has 1 aliphatic heterocycles. The van der Waals surface area contributed by atoms with Crippen molar-refractivity contribution in [1.82, 2.24) is 0 Å². The lowest BCUT2D eigenvalue weighted by molar-refractivity contribution is -0.123. The number of ether oxygens (including phenoxy) is 1. The molecule has 2 atom stereocenters. The van der Waals surface area contributed by atoms with Gasteiger partial charge in [0.1, 0.15) is 5.75 Å². The van der Waals surface area contributed by atoms with E-state index in [1.165, 1.54) is 0 Å². The van der Waals surface area contributed by atoms with Crippen LogP contribution in [0.5, 0.6) is 5.75 Å². The molecule has 1 aromatic rings. The van der Waals surface area contributed by atoms with Crippen molar-refractivity contribution in [2.24, 2.45) is 11.7 Å². The molecule has 0 bridgehead atoms. The Morgan fingerprint density at radius 1 is 1.30 bits per heavy atom. The van der Waals surface area contributed by atoms with Crippen molar-refractivity contribution in [2.75, 3.05) is 23.9 Å². The number of nitrogens with one attached hydrogen (secondary N) is 1.